The molecule has 0 saturated carbocycles. The van der Waals surface area contributed by atoms with E-state index in [-0.39, 0.29) is 12.5 Å². The first-order valence-corrected chi connectivity index (χ1v) is 5.47. The summed E-state index contributed by atoms with van der Waals surface area (Å²) in [7, 11) is 1.68. The van der Waals surface area contributed by atoms with Crippen molar-refractivity contribution in [1.29, 1.82) is 0 Å². The summed E-state index contributed by atoms with van der Waals surface area (Å²) >= 11 is 0. The lowest BCUT2D eigenvalue weighted by Crippen LogP contribution is -2.22. The van der Waals surface area contributed by atoms with Crippen LogP contribution in [0.1, 0.15) is 12.5 Å². The first-order valence-electron chi connectivity index (χ1n) is 5.47. The Balaban J connectivity index is 2.47. The number of carbonyl (C=O) groups excluding carboxylic acids is 1. The van der Waals surface area contributed by atoms with Gasteiger partial charge in [0.1, 0.15) is 6.54 Å². The van der Waals surface area contributed by atoms with Crippen LogP contribution in [0.5, 0.6) is 0 Å². The second kappa shape index (κ2) is 6.62. The minimum atomic E-state index is -0.308. The molecule has 0 aliphatic carbocycles. The van der Waals surface area contributed by atoms with Gasteiger partial charge >= 0.3 is 5.97 Å². The minimum absolute atomic E-state index is 0.100. The Labute approximate surface area is 101 Å². The lowest BCUT2D eigenvalue weighted by Gasteiger charge is -2.09. The van der Waals surface area contributed by atoms with Crippen molar-refractivity contribution in [3.63, 3.8) is 0 Å². The van der Waals surface area contributed by atoms with Gasteiger partial charge in [-0.2, -0.15) is 0 Å². The molecule has 0 radical (unpaired) electrons. The Morgan fingerprint density at radius 3 is 2.59 bits per heavy atom. The number of rotatable bonds is 5. The molecule has 17 heavy (non-hydrogen) atoms. The summed E-state index contributed by atoms with van der Waals surface area (Å²) < 4.78 is 4.80. The molecule has 0 unspecified atom stereocenters. The Hall–Kier alpha value is -1.91. The van der Waals surface area contributed by atoms with E-state index in [1.54, 1.807) is 14.0 Å². The van der Waals surface area contributed by atoms with E-state index in [1.807, 2.05) is 31.2 Å². The number of ether oxygens (including phenoxy) is 1. The predicted molar refractivity (Wildman–Crippen MR) is 65.0 cm³/mol. The predicted octanol–water partition coefficient (Wildman–Crippen LogP) is 2.49. The van der Waals surface area contributed by atoms with E-state index in [4.69, 9.17) is 4.74 Å². The number of nitrogens with zero attached hydrogens (tertiary/aromatic N) is 3. The third kappa shape index (κ3) is 5.10. The zero-order chi connectivity index (χ0) is 12.7. The highest BCUT2D eigenvalue weighted by Crippen LogP contribution is 2.12. The van der Waals surface area contributed by atoms with E-state index < -0.39 is 0 Å². The van der Waals surface area contributed by atoms with Gasteiger partial charge in [-0.05, 0) is 26.0 Å². The molecule has 0 aromatic heterocycles. The molecule has 0 saturated heterocycles. The van der Waals surface area contributed by atoms with Crippen molar-refractivity contribution in [2.24, 2.45) is 10.3 Å². The Bertz CT molecular complexity index is 387. The van der Waals surface area contributed by atoms with Gasteiger partial charge in [-0.1, -0.05) is 22.9 Å². The maximum Gasteiger partial charge on any atom is 0.327 e. The molecular formula is C12H17N3O2. The average Bonchev–Trinajstić information content (AvgIpc) is 2.28. The molecule has 1 rings (SSSR count). The quantitative estimate of drug-likeness (QED) is 0.447. The molecule has 0 atom stereocenters. The van der Waals surface area contributed by atoms with E-state index >= 15 is 0 Å². The van der Waals surface area contributed by atoms with Gasteiger partial charge in [0.05, 0.1) is 12.3 Å². The number of esters is 1. The van der Waals surface area contributed by atoms with E-state index in [2.05, 4.69) is 10.3 Å². The summed E-state index contributed by atoms with van der Waals surface area (Å²) in [4.78, 5) is 11.1. The Morgan fingerprint density at radius 1 is 1.35 bits per heavy atom. The summed E-state index contributed by atoms with van der Waals surface area (Å²) in [5, 5.41) is 9.35. The van der Waals surface area contributed by atoms with Crippen LogP contribution in [-0.4, -0.2) is 31.2 Å². The molecule has 0 N–H and O–H groups in total. The molecule has 1 aromatic carbocycles. The van der Waals surface area contributed by atoms with Gasteiger partial charge in [0.2, 0.25) is 0 Å². The summed E-state index contributed by atoms with van der Waals surface area (Å²) in [5.41, 5.74) is 1.93. The normalized spacial score (nSPS) is 10.5. The molecule has 0 aliphatic heterocycles. The molecule has 0 aliphatic rings. The van der Waals surface area contributed by atoms with Gasteiger partial charge in [-0.3, -0.25) is 9.80 Å². The van der Waals surface area contributed by atoms with E-state index in [9.17, 15) is 4.79 Å². The Kier molecular flexibility index (Phi) is 5.13. The standard InChI is InChI=1S/C12H17N3O2/c1-4-17-12(16)9-15(3)14-13-11-7-5-10(2)6-8-11/h5-8H,4,9H2,1-3H3. The van der Waals surface area contributed by atoms with E-state index in [0.29, 0.717) is 6.61 Å². The molecule has 1 aromatic rings. The molecule has 0 spiro atoms. The number of benzene rings is 1. The highest BCUT2D eigenvalue weighted by molar-refractivity contribution is 5.71. The zero-order valence-corrected chi connectivity index (χ0v) is 10.4. The number of aryl methyl sites for hydroxylation is 1. The largest absolute Gasteiger partial charge is 0.465 e. The lowest BCUT2D eigenvalue weighted by molar-refractivity contribution is -0.144. The number of hydrogen-bond donors (Lipinski definition) is 0. The molecule has 5 heteroatoms. The monoisotopic (exact) mass is 235 g/mol. The minimum Gasteiger partial charge on any atom is -0.465 e. The van der Waals surface area contributed by atoms with Crippen LogP contribution in [0.15, 0.2) is 34.6 Å². The second-order valence-electron chi connectivity index (χ2n) is 3.65. The number of likely N-dealkylation sites (N-methyl/N-ethyl adjacent to an activating group) is 1. The molecule has 0 fully saturated rings. The van der Waals surface area contributed by atoms with Crippen LogP contribution >= 0.6 is 0 Å². The fourth-order valence-corrected chi connectivity index (χ4v) is 1.16. The van der Waals surface area contributed by atoms with Crippen LogP contribution < -0.4 is 0 Å². The SMILES string of the molecule is CCOC(=O)CN(C)N=Nc1ccc(C)cc1. The van der Waals surface area contributed by atoms with E-state index in [0.717, 1.165) is 5.69 Å². The molecule has 0 heterocycles. The number of carbonyl (C=O) groups is 1. The first-order chi connectivity index (χ1) is 8.11. The van der Waals surface area contributed by atoms with Gasteiger partial charge in [-0.25, -0.2) is 0 Å². The smallest absolute Gasteiger partial charge is 0.327 e. The summed E-state index contributed by atoms with van der Waals surface area (Å²) in [6.45, 7) is 4.25. The van der Waals surface area contributed by atoms with Crippen molar-refractivity contribution in [3.05, 3.63) is 29.8 Å². The number of hydrogen-bond acceptors (Lipinski definition) is 4. The summed E-state index contributed by atoms with van der Waals surface area (Å²) in [6.07, 6.45) is 0. The maximum absolute atomic E-state index is 11.1. The zero-order valence-electron chi connectivity index (χ0n) is 10.4. The lowest BCUT2D eigenvalue weighted by atomic mass is 10.2. The highest BCUT2D eigenvalue weighted by atomic mass is 16.5. The van der Waals surface area contributed by atoms with Crippen molar-refractivity contribution < 1.29 is 9.53 Å². The van der Waals surface area contributed by atoms with Crippen molar-refractivity contribution in [3.8, 4) is 0 Å². The topological polar surface area (TPSA) is 54.3 Å². The maximum atomic E-state index is 11.1. The van der Waals surface area contributed by atoms with Crippen LogP contribution in [0.3, 0.4) is 0 Å². The average molecular weight is 235 g/mol. The summed E-state index contributed by atoms with van der Waals surface area (Å²) in [5.74, 6) is -0.308. The fourth-order valence-electron chi connectivity index (χ4n) is 1.16. The molecular weight excluding hydrogens is 218 g/mol. The third-order valence-corrected chi connectivity index (χ3v) is 2.01. The second-order valence-corrected chi connectivity index (χ2v) is 3.65. The van der Waals surface area contributed by atoms with Crippen molar-refractivity contribution in [1.82, 2.24) is 5.01 Å². The van der Waals surface area contributed by atoms with Gasteiger partial charge < -0.3 is 4.74 Å². The summed E-state index contributed by atoms with van der Waals surface area (Å²) in [6, 6.07) is 7.66. The molecule has 92 valence electrons. The van der Waals surface area contributed by atoms with Crippen molar-refractivity contribution >= 4 is 11.7 Å². The highest BCUT2D eigenvalue weighted by Gasteiger charge is 2.04. The van der Waals surface area contributed by atoms with E-state index in [1.165, 1.54) is 10.6 Å². The van der Waals surface area contributed by atoms with Gasteiger partial charge in [0.25, 0.3) is 0 Å². The van der Waals surface area contributed by atoms with Crippen molar-refractivity contribution in [2.75, 3.05) is 20.2 Å². The van der Waals surface area contributed by atoms with Crippen molar-refractivity contribution in [2.45, 2.75) is 13.8 Å². The van der Waals surface area contributed by atoms with Crippen LogP contribution in [0.2, 0.25) is 0 Å². The van der Waals surface area contributed by atoms with Gasteiger partial charge in [-0.15, -0.1) is 5.11 Å². The molecule has 5 nitrogen and oxygen atoms in total. The third-order valence-electron chi connectivity index (χ3n) is 2.01. The Morgan fingerprint density at radius 2 is 2.00 bits per heavy atom. The first kappa shape index (κ1) is 13.2. The molecule has 0 amide bonds. The fraction of sp³-hybridized carbons (Fsp3) is 0.417. The van der Waals surface area contributed by atoms with Gasteiger partial charge in [0.15, 0.2) is 0 Å². The van der Waals surface area contributed by atoms with Crippen LogP contribution in [0, 0.1) is 6.92 Å². The van der Waals surface area contributed by atoms with Crippen LogP contribution in [0.4, 0.5) is 5.69 Å². The van der Waals surface area contributed by atoms with Crippen LogP contribution in [0.25, 0.3) is 0 Å². The van der Waals surface area contributed by atoms with Gasteiger partial charge in [0, 0.05) is 7.05 Å². The van der Waals surface area contributed by atoms with Crippen LogP contribution in [-0.2, 0) is 9.53 Å². The molecule has 0 bridgehead atoms.